The Morgan fingerprint density at radius 1 is 0.878 bits per heavy atom. The minimum absolute atomic E-state index is 0.106. The summed E-state index contributed by atoms with van der Waals surface area (Å²) >= 11 is 0. The minimum Gasteiger partial charge on any atom is -0.459 e. The summed E-state index contributed by atoms with van der Waals surface area (Å²) in [6.45, 7) is 8.27. The Balaban J connectivity index is 1.33. The van der Waals surface area contributed by atoms with Gasteiger partial charge < -0.3 is 24.6 Å². The van der Waals surface area contributed by atoms with Crippen LogP contribution in [0, 0.1) is 35.0 Å². The molecule has 0 radical (unpaired) electrons. The van der Waals surface area contributed by atoms with Crippen LogP contribution in [-0.2, 0) is 32.2 Å². The van der Waals surface area contributed by atoms with Gasteiger partial charge in [-0.05, 0) is 56.8 Å². The summed E-state index contributed by atoms with van der Waals surface area (Å²) in [5.74, 6) is -13.1. The van der Waals surface area contributed by atoms with Crippen LogP contribution < -0.4 is 5.32 Å². The number of hydrogen-bond acceptors (Lipinski definition) is 7. The first-order chi connectivity index (χ1) is 23.2. The van der Waals surface area contributed by atoms with Crippen molar-refractivity contribution in [3.8, 4) is 0 Å². The highest BCUT2D eigenvalue weighted by molar-refractivity contribution is 5.94. The third kappa shape index (κ3) is 8.12. The molecule has 5 atom stereocenters. The van der Waals surface area contributed by atoms with Gasteiger partial charge in [-0.25, -0.2) is 22.0 Å². The molecule has 3 aromatic carbocycles. The highest BCUT2D eigenvalue weighted by atomic mass is 19.2. The molecule has 264 valence electrons. The van der Waals surface area contributed by atoms with Gasteiger partial charge in [-0.3, -0.25) is 14.5 Å². The van der Waals surface area contributed by atoms with Gasteiger partial charge in [0.05, 0.1) is 18.8 Å². The number of amides is 1. The highest BCUT2D eigenvalue weighted by Crippen LogP contribution is 2.42. The largest absolute Gasteiger partial charge is 0.459 e. The average Bonchev–Trinajstić information content (AvgIpc) is 3.54. The number of carbonyl (C=O) groups excluding carboxylic acids is 2. The van der Waals surface area contributed by atoms with Gasteiger partial charge in [0, 0.05) is 24.6 Å². The molecule has 13 heteroatoms. The van der Waals surface area contributed by atoms with E-state index in [4.69, 9.17) is 14.2 Å². The molecule has 0 spiro atoms. The van der Waals surface area contributed by atoms with E-state index in [2.05, 4.69) is 10.2 Å². The lowest BCUT2D eigenvalue weighted by Crippen LogP contribution is -2.48. The summed E-state index contributed by atoms with van der Waals surface area (Å²) in [7, 11) is 0. The van der Waals surface area contributed by atoms with Crippen LogP contribution in [-0.4, -0.2) is 52.7 Å². The lowest BCUT2D eigenvalue weighted by atomic mass is 9.90. The summed E-state index contributed by atoms with van der Waals surface area (Å²) in [6.07, 6.45) is -0.129. The second-order valence-corrected chi connectivity index (χ2v) is 13.4. The molecule has 2 aliphatic rings. The molecule has 5 rings (SSSR count). The molecule has 0 saturated carbocycles. The maximum Gasteiger partial charge on any atom is 0.323 e. The maximum atomic E-state index is 14.1. The number of hydrogen-bond donors (Lipinski definition) is 2. The first kappa shape index (κ1) is 36.4. The molecule has 1 amide bonds. The monoisotopic (exact) mass is 690 g/mol. The van der Waals surface area contributed by atoms with Crippen LogP contribution in [0.1, 0.15) is 85.5 Å². The van der Waals surface area contributed by atoms with Gasteiger partial charge in [0.2, 0.25) is 5.82 Å². The van der Waals surface area contributed by atoms with Crippen molar-refractivity contribution in [3.05, 3.63) is 105 Å². The van der Waals surface area contributed by atoms with Gasteiger partial charge in [0.15, 0.2) is 29.6 Å². The lowest BCUT2D eigenvalue weighted by molar-refractivity contribution is -0.276. The van der Waals surface area contributed by atoms with Crippen LogP contribution in [0.5, 0.6) is 0 Å². The van der Waals surface area contributed by atoms with E-state index < -0.39 is 64.6 Å². The van der Waals surface area contributed by atoms with Crippen LogP contribution in [0.2, 0.25) is 0 Å². The number of esters is 1. The molecule has 8 nitrogen and oxygen atoms in total. The first-order valence-corrected chi connectivity index (χ1v) is 16.0. The SMILES string of the molecule is C[C@H]1[C@@H](CN2CCC[C@H]2C(=O)OC(C)(C)C)O[C@@H](c2ccc(CNC(=O)c3c(F)c(F)c(F)c(F)c3F)cc2)O[C@H]1c1ccc(CO)cc1. The lowest BCUT2D eigenvalue weighted by Gasteiger charge is -2.43. The van der Waals surface area contributed by atoms with Crippen LogP contribution >= 0.6 is 0 Å². The van der Waals surface area contributed by atoms with Gasteiger partial charge in [-0.2, -0.15) is 0 Å². The van der Waals surface area contributed by atoms with E-state index in [-0.39, 0.29) is 31.1 Å². The van der Waals surface area contributed by atoms with Gasteiger partial charge in [-0.1, -0.05) is 55.5 Å². The number of carbonyl (C=O) groups is 2. The summed E-state index contributed by atoms with van der Waals surface area (Å²) in [6, 6.07) is 13.6. The number of aliphatic hydroxyl groups is 1. The Morgan fingerprint density at radius 2 is 1.45 bits per heavy atom. The van der Waals surface area contributed by atoms with Crippen LogP contribution in [0.15, 0.2) is 48.5 Å². The predicted molar refractivity (Wildman–Crippen MR) is 167 cm³/mol. The Kier molecular flexibility index (Phi) is 11.1. The van der Waals surface area contributed by atoms with Crippen molar-refractivity contribution in [2.75, 3.05) is 13.1 Å². The zero-order chi connectivity index (χ0) is 35.6. The number of likely N-dealkylation sites (tertiary alicyclic amines) is 1. The van der Waals surface area contributed by atoms with Crippen molar-refractivity contribution in [3.63, 3.8) is 0 Å². The normalized spacial score (nSPS) is 23.0. The molecule has 0 aromatic heterocycles. The molecule has 2 saturated heterocycles. The van der Waals surface area contributed by atoms with Gasteiger partial charge in [-0.15, -0.1) is 0 Å². The van der Waals surface area contributed by atoms with E-state index in [1.807, 2.05) is 52.0 Å². The fraction of sp³-hybridized carbons (Fsp3) is 0.444. The number of nitrogens with one attached hydrogen (secondary N) is 1. The third-order valence-corrected chi connectivity index (χ3v) is 8.72. The van der Waals surface area contributed by atoms with E-state index in [0.717, 1.165) is 17.5 Å². The molecule has 3 aromatic rings. The Labute approximate surface area is 281 Å². The second-order valence-electron chi connectivity index (χ2n) is 13.4. The minimum atomic E-state index is -2.35. The van der Waals surface area contributed by atoms with Crippen molar-refractivity contribution >= 4 is 11.9 Å². The first-order valence-electron chi connectivity index (χ1n) is 16.0. The average molecular weight is 691 g/mol. The highest BCUT2D eigenvalue weighted by Gasteiger charge is 2.42. The topological polar surface area (TPSA) is 97.3 Å². The molecule has 0 unspecified atom stereocenters. The predicted octanol–water partition coefficient (Wildman–Crippen LogP) is 6.40. The maximum absolute atomic E-state index is 14.1. The van der Waals surface area contributed by atoms with Crippen molar-refractivity contribution in [1.82, 2.24) is 10.2 Å². The molecule has 49 heavy (non-hydrogen) atoms. The van der Waals surface area contributed by atoms with Crippen LogP contribution in [0.25, 0.3) is 0 Å². The number of nitrogens with zero attached hydrogens (tertiary/aromatic N) is 1. The van der Waals surface area contributed by atoms with E-state index in [1.54, 1.807) is 24.3 Å². The van der Waals surface area contributed by atoms with Crippen LogP contribution in [0.4, 0.5) is 22.0 Å². The van der Waals surface area contributed by atoms with Crippen molar-refractivity contribution in [2.45, 2.75) is 83.8 Å². The number of rotatable bonds is 9. The quantitative estimate of drug-likeness (QED) is 0.116. The summed E-state index contributed by atoms with van der Waals surface area (Å²) in [5, 5.41) is 11.7. The van der Waals surface area contributed by atoms with E-state index in [1.165, 1.54) is 0 Å². The van der Waals surface area contributed by atoms with E-state index in [9.17, 15) is 36.6 Å². The fourth-order valence-corrected chi connectivity index (χ4v) is 6.11. The number of ether oxygens (including phenoxy) is 3. The Hall–Kier alpha value is -3.91. The molecule has 2 fully saturated rings. The Bertz CT molecular complexity index is 1640. The molecular formula is C36H39F5N2O6. The van der Waals surface area contributed by atoms with Crippen molar-refractivity contribution < 1.29 is 50.9 Å². The number of halogens is 5. The number of aliphatic hydroxyl groups excluding tert-OH is 1. The van der Waals surface area contributed by atoms with Gasteiger partial charge in [0.1, 0.15) is 17.2 Å². The molecule has 0 aliphatic carbocycles. The van der Waals surface area contributed by atoms with E-state index in [0.29, 0.717) is 30.6 Å². The summed E-state index contributed by atoms with van der Waals surface area (Å²) in [4.78, 5) is 27.5. The molecular weight excluding hydrogens is 651 g/mol. The smallest absolute Gasteiger partial charge is 0.323 e. The number of benzene rings is 3. The second kappa shape index (κ2) is 14.9. The van der Waals surface area contributed by atoms with Crippen LogP contribution in [0.3, 0.4) is 0 Å². The standard InChI is InChI=1S/C36H39F5N2O6/c1-19-25(17-43-15-5-6-24(43)34(46)49-36(2,3)4)47-35(48-32(19)22-11-9-21(18-44)10-12-22)23-13-7-20(8-14-23)16-42-33(45)26-27(37)29(39)31(41)30(40)28(26)38/h7-14,19,24-25,32,35,44H,5-6,15-18H2,1-4H3,(H,42,45)/t19-,24-,25+,32+,35+/m0/s1. The van der Waals surface area contributed by atoms with E-state index >= 15 is 0 Å². The zero-order valence-electron chi connectivity index (χ0n) is 27.6. The molecule has 0 bridgehead atoms. The van der Waals surface area contributed by atoms with Crippen molar-refractivity contribution in [2.24, 2.45) is 5.92 Å². The molecule has 2 aliphatic heterocycles. The Morgan fingerprint density at radius 3 is 2.04 bits per heavy atom. The van der Waals surface area contributed by atoms with Crippen molar-refractivity contribution in [1.29, 1.82) is 0 Å². The van der Waals surface area contributed by atoms with Gasteiger partial charge in [0.25, 0.3) is 5.91 Å². The fourth-order valence-electron chi connectivity index (χ4n) is 6.11. The van der Waals surface area contributed by atoms with Gasteiger partial charge >= 0.3 is 5.97 Å². The third-order valence-electron chi connectivity index (χ3n) is 8.72. The summed E-state index contributed by atoms with van der Waals surface area (Å²) < 4.78 is 87.5. The zero-order valence-corrected chi connectivity index (χ0v) is 27.6. The summed E-state index contributed by atoms with van der Waals surface area (Å²) in [5.41, 5.74) is 0.520. The molecule has 2 heterocycles. The molecule has 2 N–H and O–H groups in total.